The quantitative estimate of drug-likeness (QED) is 0.278. The molecule has 0 aliphatic heterocycles. The number of amidine groups is 1. The Morgan fingerprint density at radius 3 is 2.18 bits per heavy atom. The Balaban J connectivity index is 0. The zero-order chi connectivity index (χ0) is 9.28. The molecule has 0 unspecified atom stereocenters. The van der Waals surface area contributed by atoms with E-state index in [0.717, 1.165) is 12.4 Å². The number of hydrogen-bond donors (Lipinski definition) is 2. The molecule has 0 spiro atoms. The number of hydrogen-bond acceptors (Lipinski definition) is 2. The summed E-state index contributed by atoms with van der Waals surface area (Å²) in [5.41, 5.74) is 2.47. The minimum absolute atomic E-state index is 0.605. The number of nitrogens with one attached hydrogen (secondary N) is 1. The predicted molar refractivity (Wildman–Crippen MR) is 51.5 cm³/mol. The van der Waals surface area contributed by atoms with Gasteiger partial charge in [0.1, 0.15) is 5.84 Å². The third-order valence-electron chi connectivity index (χ3n) is 0.902. The van der Waals surface area contributed by atoms with Crippen molar-refractivity contribution in [1.82, 2.24) is 5.43 Å². The molecule has 0 saturated heterocycles. The fraction of sp³-hybridized carbons (Fsp3) is 0.875. The number of nitrogens with two attached hydrogens (primary N) is 1. The Hall–Kier alpha value is -0.570. The lowest BCUT2D eigenvalue weighted by molar-refractivity contribution is 0.662. The van der Waals surface area contributed by atoms with Crippen LogP contribution in [0.25, 0.3) is 0 Å². The summed E-state index contributed by atoms with van der Waals surface area (Å²) < 4.78 is 0. The molecule has 0 aromatic heterocycles. The van der Waals surface area contributed by atoms with E-state index < -0.39 is 0 Å². The van der Waals surface area contributed by atoms with Gasteiger partial charge in [-0.25, -0.2) is 5.84 Å². The van der Waals surface area contributed by atoms with E-state index in [0.29, 0.717) is 5.92 Å². The maximum absolute atomic E-state index is 5.08. The fourth-order valence-electron chi connectivity index (χ4n) is 0.365. The monoisotopic (exact) mass is 159 g/mol. The molecule has 0 aliphatic carbocycles. The van der Waals surface area contributed by atoms with E-state index in [9.17, 15) is 0 Å². The van der Waals surface area contributed by atoms with Crippen molar-refractivity contribution in [3.8, 4) is 0 Å². The van der Waals surface area contributed by atoms with Gasteiger partial charge in [0.15, 0.2) is 0 Å². The van der Waals surface area contributed by atoms with Gasteiger partial charge >= 0.3 is 0 Å². The molecule has 3 heteroatoms. The summed E-state index contributed by atoms with van der Waals surface area (Å²) in [5.74, 6) is 6.48. The van der Waals surface area contributed by atoms with E-state index in [-0.39, 0.29) is 0 Å². The van der Waals surface area contributed by atoms with Gasteiger partial charge in [-0.05, 0) is 12.8 Å². The molecule has 0 rings (SSSR count). The van der Waals surface area contributed by atoms with Crippen LogP contribution in [-0.4, -0.2) is 12.4 Å². The van der Waals surface area contributed by atoms with E-state index in [1.807, 2.05) is 20.8 Å². The zero-order valence-corrected chi connectivity index (χ0v) is 8.31. The molecule has 3 N–H and O–H groups in total. The first-order valence-corrected chi connectivity index (χ1v) is 4.14. The Kier molecular flexibility index (Phi) is 11.2. The molecule has 0 saturated carbocycles. The van der Waals surface area contributed by atoms with Gasteiger partial charge in [0.2, 0.25) is 0 Å². The van der Waals surface area contributed by atoms with Gasteiger partial charge in [-0.2, -0.15) is 0 Å². The second-order valence-corrected chi connectivity index (χ2v) is 2.46. The highest BCUT2D eigenvalue weighted by Crippen LogP contribution is 1.90. The van der Waals surface area contributed by atoms with Crippen molar-refractivity contribution < 1.29 is 0 Å². The van der Waals surface area contributed by atoms with Crippen LogP contribution in [0.1, 0.15) is 34.6 Å². The topological polar surface area (TPSA) is 50.4 Å². The highest BCUT2D eigenvalue weighted by Gasteiger charge is 1.89. The summed E-state index contributed by atoms with van der Waals surface area (Å²) in [6, 6.07) is 0. The second-order valence-electron chi connectivity index (χ2n) is 2.46. The van der Waals surface area contributed by atoms with Gasteiger partial charge in [0, 0.05) is 6.54 Å². The van der Waals surface area contributed by atoms with Gasteiger partial charge in [-0.15, -0.1) is 0 Å². The lowest BCUT2D eigenvalue weighted by Crippen LogP contribution is -2.28. The third-order valence-corrected chi connectivity index (χ3v) is 0.902. The molecule has 0 heterocycles. The normalized spacial score (nSPS) is 10.6. The summed E-state index contributed by atoms with van der Waals surface area (Å²) in [4.78, 5) is 4.12. The second kappa shape index (κ2) is 9.43. The molecule has 0 fully saturated rings. The van der Waals surface area contributed by atoms with E-state index in [1.165, 1.54) is 0 Å². The number of rotatable bonds is 2. The van der Waals surface area contributed by atoms with Gasteiger partial charge in [0.05, 0.1) is 0 Å². The van der Waals surface area contributed by atoms with Gasteiger partial charge in [-0.1, -0.05) is 27.7 Å². The molecule has 0 aliphatic rings. The van der Waals surface area contributed by atoms with E-state index >= 15 is 0 Å². The first kappa shape index (κ1) is 13.1. The minimum Gasteiger partial charge on any atom is -0.313 e. The molecule has 3 nitrogen and oxygen atoms in total. The third kappa shape index (κ3) is 12.6. The van der Waals surface area contributed by atoms with Crippen molar-refractivity contribution >= 4 is 5.84 Å². The maximum atomic E-state index is 5.08. The first-order chi connectivity index (χ1) is 5.16. The summed E-state index contributed by atoms with van der Waals surface area (Å²) in [6.07, 6.45) is 0. The molecule has 68 valence electrons. The summed E-state index contributed by atoms with van der Waals surface area (Å²) >= 11 is 0. The van der Waals surface area contributed by atoms with E-state index in [2.05, 4.69) is 24.3 Å². The van der Waals surface area contributed by atoms with Crippen molar-refractivity contribution in [2.24, 2.45) is 16.8 Å². The van der Waals surface area contributed by atoms with Crippen molar-refractivity contribution in [3.63, 3.8) is 0 Å². The van der Waals surface area contributed by atoms with Crippen molar-refractivity contribution in [2.75, 3.05) is 6.54 Å². The van der Waals surface area contributed by atoms with E-state index in [1.54, 1.807) is 0 Å². The van der Waals surface area contributed by atoms with E-state index in [4.69, 9.17) is 5.84 Å². The minimum atomic E-state index is 0.605. The molecular weight excluding hydrogens is 138 g/mol. The smallest absolute Gasteiger partial charge is 0.107 e. The highest BCUT2D eigenvalue weighted by molar-refractivity contribution is 5.78. The van der Waals surface area contributed by atoms with Crippen LogP contribution in [0.3, 0.4) is 0 Å². The Morgan fingerprint density at radius 2 is 1.91 bits per heavy atom. The molecule has 11 heavy (non-hydrogen) atoms. The fourth-order valence-corrected chi connectivity index (χ4v) is 0.365. The lowest BCUT2D eigenvalue weighted by Gasteiger charge is -2.00. The zero-order valence-electron chi connectivity index (χ0n) is 8.31. The van der Waals surface area contributed by atoms with Crippen molar-refractivity contribution in [2.45, 2.75) is 34.6 Å². The summed E-state index contributed by atoms with van der Waals surface area (Å²) in [6.45, 7) is 10.9. The number of nitrogens with zero attached hydrogens (tertiary/aromatic N) is 1. The Labute approximate surface area is 70.1 Å². The standard InChI is InChI=1S/C6H15N3.C2H6/c1-5(2)4-8-6(3)9-7;1-2/h5H,4,7H2,1-3H3,(H,8,9);1-2H3. The molecule has 0 bridgehead atoms. The van der Waals surface area contributed by atoms with Crippen LogP contribution in [0.15, 0.2) is 4.99 Å². The first-order valence-electron chi connectivity index (χ1n) is 4.14. The largest absolute Gasteiger partial charge is 0.313 e. The molecule has 0 radical (unpaired) electrons. The molecular formula is C8H21N3. The van der Waals surface area contributed by atoms with Crippen molar-refractivity contribution in [1.29, 1.82) is 0 Å². The average Bonchev–Trinajstić information content (AvgIpc) is 2.04. The molecule has 0 aromatic carbocycles. The predicted octanol–water partition coefficient (Wildman–Crippen LogP) is 1.55. The van der Waals surface area contributed by atoms with Crippen LogP contribution in [0.5, 0.6) is 0 Å². The van der Waals surface area contributed by atoms with Crippen LogP contribution in [0.2, 0.25) is 0 Å². The average molecular weight is 159 g/mol. The Morgan fingerprint density at radius 1 is 1.45 bits per heavy atom. The van der Waals surface area contributed by atoms with Crippen LogP contribution in [0, 0.1) is 5.92 Å². The Bertz CT molecular complexity index is 97.5. The number of hydrazine groups is 1. The van der Waals surface area contributed by atoms with Crippen LogP contribution >= 0.6 is 0 Å². The molecule has 0 amide bonds. The van der Waals surface area contributed by atoms with Gasteiger partial charge in [-0.3, -0.25) is 4.99 Å². The van der Waals surface area contributed by atoms with Gasteiger partial charge < -0.3 is 5.43 Å². The maximum Gasteiger partial charge on any atom is 0.107 e. The SMILES string of the molecule is CC.CC(=NCC(C)C)NN. The van der Waals surface area contributed by atoms with Crippen LogP contribution in [-0.2, 0) is 0 Å². The number of aliphatic imine (C=N–C) groups is 1. The van der Waals surface area contributed by atoms with Crippen LogP contribution in [0.4, 0.5) is 0 Å². The molecule has 0 atom stereocenters. The molecule has 0 aromatic rings. The highest BCUT2D eigenvalue weighted by atomic mass is 15.2. The van der Waals surface area contributed by atoms with Gasteiger partial charge in [0.25, 0.3) is 0 Å². The lowest BCUT2D eigenvalue weighted by atomic mass is 10.2. The van der Waals surface area contributed by atoms with Crippen molar-refractivity contribution in [3.05, 3.63) is 0 Å². The summed E-state index contributed by atoms with van der Waals surface area (Å²) in [7, 11) is 0. The summed E-state index contributed by atoms with van der Waals surface area (Å²) in [5, 5.41) is 0. The van der Waals surface area contributed by atoms with Crippen LogP contribution < -0.4 is 11.3 Å².